The number of rotatable bonds is 13. The van der Waals surface area contributed by atoms with Crippen molar-refractivity contribution in [2.75, 3.05) is 58.0 Å². The molecule has 0 aliphatic carbocycles. The van der Waals surface area contributed by atoms with Gasteiger partial charge in [0.1, 0.15) is 5.60 Å². The molecule has 3 N–H and O–H groups in total. The van der Waals surface area contributed by atoms with Crippen LogP contribution in [-0.4, -0.2) is 76.2 Å². The van der Waals surface area contributed by atoms with E-state index in [4.69, 9.17) is 18.9 Å². The van der Waals surface area contributed by atoms with E-state index in [9.17, 15) is 14.4 Å². The minimum Gasteiger partial charge on any atom is -0.444 e. The molecule has 0 fully saturated rings. The van der Waals surface area contributed by atoms with Crippen LogP contribution in [0, 0.1) is 0 Å². The smallest absolute Gasteiger partial charge is 0.407 e. The normalized spacial score (nSPS) is 13.0. The molecular weight excluding hydrogens is 406 g/mol. The zero-order valence-corrected chi connectivity index (χ0v) is 18.2. The molecule has 3 amide bonds. The van der Waals surface area contributed by atoms with Crippen LogP contribution in [0.3, 0.4) is 0 Å². The van der Waals surface area contributed by atoms with Gasteiger partial charge in [-0.3, -0.25) is 14.9 Å². The molecule has 0 unspecified atom stereocenters. The van der Waals surface area contributed by atoms with E-state index in [-0.39, 0.29) is 11.8 Å². The molecule has 1 aromatic carbocycles. The molecule has 1 aliphatic rings. The van der Waals surface area contributed by atoms with Crippen LogP contribution in [0.15, 0.2) is 18.2 Å². The summed E-state index contributed by atoms with van der Waals surface area (Å²) in [5, 5.41) is 8.00. The maximum absolute atomic E-state index is 11.8. The van der Waals surface area contributed by atoms with Crippen LogP contribution in [0.4, 0.5) is 10.5 Å². The Labute approximate surface area is 181 Å². The number of anilines is 1. The summed E-state index contributed by atoms with van der Waals surface area (Å²) in [6.45, 7) is 8.76. The number of benzene rings is 1. The first-order valence-electron chi connectivity index (χ1n) is 10.2. The summed E-state index contributed by atoms with van der Waals surface area (Å²) in [6, 6.07) is 5.10. The number of ether oxygens (including phenoxy) is 4. The van der Waals surface area contributed by atoms with Gasteiger partial charge < -0.3 is 29.6 Å². The van der Waals surface area contributed by atoms with E-state index in [1.54, 1.807) is 39.0 Å². The lowest BCUT2D eigenvalue weighted by atomic mass is 10.1. The van der Waals surface area contributed by atoms with Gasteiger partial charge in [0.05, 0.1) is 50.8 Å². The van der Waals surface area contributed by atoms with Gasteiger partial charge in [-0.1, -0.05) is 6.07 Å². The lowest BCUT2D eigenvalue weighted by Gasteiger charge is -2.19. The van der Waals surface area contributed by atoms with Crippen molar-refractivity contribution in [2.45, 2.75) is 26.4 Å². The van der Waals surface area contributed by atoms with Gasteiger partial charge in [0, 0.05) is 18.8 Å². The SMILES string of the molecule is CC(C)(C)OC(=O)NCCOCCOCCOCCNc1cccc2c1C(=O)NC2=O. The van der Waals surface area contributed by atoms with Crippen molar-refractivity contribution in [1.29, 1.82) is 0 Å². The van der Waals surface area contributed by atoms with E-state index in [1.165, 1.54) is 0 Å². The highest BCUT2D eigenvalue weighted by Crippen LogP contribution is 2.23. The Bertz CT molecular complexity index is 762. The standard InChI is InChI=1S/C21H31N3O7/c1-21(2,3)31-20(27)23-8-10-29-12-14-30-13-11-28-9-7-22-16-6-4-5-15-17(16)19(26)24-18(15)25/h4-6,22H,7-14H2,1-3H3,(H,23,27)(H,24,25,26). The van der Waals surface area contributed by atoms with Crippen LogP contribution in [0.5, 0.6) is 0 Å². The van der Waals surface area contributed by atoms with Gasteiger partial charge in [0.25, 0.3) is 11.8 Å². The van der Waals surface area contributed by atoms with Crippen molar-refractivity contribution in [3.05, 3.63) is 29.3 Å². The molecule has 0 bridgehead atoms. The molecule has 172 valence electrons. The van der Waals surface area contributed by atoms with Crippen LogP contribution in [0.1, 0.15) is 41.5 Å². The zero-order valence-electron chi connectivity index (χ0n) is 18.2. The monoisotopic (exact) mass is 437 g/mol. The number of imide groups is 1. The number of hydrogen-bond donors (Lipinski definition) is 3. The van der Waals surface area contributed by atoms with E-state index >= 15 is 0 Å². The van der Waals surface area contributed by atoms with E-state index < -0.39 is 11.7 Å². The Kier molecular flexibility index (Phi) is 9.70. The first kappa shape index (κ1) is 24.6. The molecule has 0 aromatic heterocycles. The molecule has 0 saturated heterocycles. The van der Waals surface area contributed by atoms with Crippen molar-refractivity contribution in [2.24, 2.45) is 0 Å². The van der Waals surface area contributed by atoms with E-state index in [2.05, 4.69) is 16.0 Å². The molecule has 1 heterocycles. The van der Waals surface area contributed by atoms with Crippen molar-refractivity contribution < 1.29 is 33.3 Å². The molecule has 0 atom stereocenters. The summed E-state index contributed by atoms with van der Waals surface area (Å²) in [5.41, 5.74) is 0.846. The topological polar surface area (TPSA) is 124 Å². The third-order valence-electron chi connectivity index (χ3n) is 3.98. The highest BCUT2D eigenvalue weighted by atomic mass is 16.6. The molecular formula is C21H31N3O7. The molecule has 10 nitrogen and oxygen atoms in total. The van der Waals surface area contributed by atoms with E-state index in [0.717, 1.165) is 0 Å². The number of carbonyl (C=O) groups is 3. The highest BCUT2D eigenvalue weighted by Gasteiger charge is 2.28. The third kappa shape index (κ3) is 8.91. The second kappa shape index (κ2) is 12.2. The maximum Gasteiger partial charge on any atom is 0.407 e. The Morgan fingerprint density at radius 1 is 0.903 bits per heavy atom. The van der Waals surface area contributed by atoms with Crippen LogP contribution < -0.4 is 16.0 Å². The average molecular weight is 437 g/mol. The Morgan fingerprint density at radius 2 is 1.52 bits per heavy atom. The number of fused-ring (bicyclic) bond motifs is 1. The van der Waals surface area contributed by atoms with Crippen molar-refractivity contribution in [3.8, 4) is 0 Å². The van der Waals surface area contributed by atoms with Crippen molar-refractivity contribution in [3.63, 3.8) is 0 Å². The van der Waals surface area contributed by atoms with Gasteiger partial charge in [0.2, 0.25) is 0 Å². The summed E-state index contributed by atoms with van der Waals surface area (Å²) in [7, 11) is 0. The number of amides is 3. The number of nitrogens with one attached hydrogen (secondary N) is 3. The second-order valence-electron chi connectivity index (χ2n) is 7.70. The van der Waals surface area contributed by atoms with Gasteiger partial charge in [-0.2, -0.15) is 0 Å². The molecule has 31 heavy (non-hydrogen) atoms. The number of alkyl carbamates (subject to hydrolysis) is 1. The fourth-order valence-corrected chi connectivity index (χ4v) is 2.71. The van der Waals surface area contributed by atoms with Crippen molar-refractivity contribution in [1.82, 2.24) is 10.6 Å². The first-order valence-corrected chi connectivity index (χ1v) is 10.2. The Balaban J connectivity index is 1.42. The lowest BCUT2D eigenvalue weighted by molar-refractivity contribution is 0.0157. The zero-order chi connectivity index (χ0) is 22.7. The first-order chi connectivity index (χ1) is 14.8. The average Bonchev–Trinajstić information content (AvgIpc) is 2.98. The highest BCUT2D eigenvalue weighted by molar-refractivity contribution is 6.23. The quantitative estimate of drug-likeness (QED) is 0.314. The Hall–Kier alpha value is -2.69. The van der Waals surface area contributed by atoms with Gasteiger partial charge in [0.15, 0.2) is 0 Å². The third-order valence-corrected chi connectivity index (χ3v) is 3.98. The molecule has 0 radical (unpaired) electrons. The number of carbonyl (C=O) groups excluding carboxylic acids is 3. The molecule has 0 saturated carbocycles. The minimum absolute atomic E-state index is 0.367. The van der Waals surface area contributed by atoms with Crippen LogP contribution in [0.25, 0.3) is 0 Å². The van der Waals surface area contributed by atoms with Crippen LogP contribution >= 0.6 is 0 Å². The fourth-order valence-electron chi connectivity index (χ4n) is 2.71. The molecule has 1 aromatic rings. The summed E-state index contributed by atoms with van der Waals surface area (Å²) in [6.07, 6.45) is -0.465. The van der Waals surface area contributed by atoms with Crippen LogP contribution in [-0.2, 0) is 18.9 Å². The van der Waals surface area contributed by atoms with E-state index in [0.29, 0.717) is 69.5 Å². The predicted molar refractivity (Wildman–Crippen MR) is 113 cm³/mol. The summed E-state index contributed by atoms with van der Waals surface area (Å²) < 4.78 is 21.4. The maximum atomic E-state index is 11.8. The Morgan fingerprint density at radius 3 is 2.16 bits per heavy atom. The molecule has 2 rings (SSSR count). The van der Waals surface area contributed by atoms with Gasteiger partial charge in [-0.05, 0) is 32.9 Å². The fraction of sp³-hybridized carbons (Fsp3) is 0.571. The second-order valence-corrected chi connectivity index (χ2v) is 7.70. The lowest BCUT2D eigenvalue weighted by Crippen LogP contribution is -2.34. The molecule has 10 heteroatoms. The predicted octanol–water partition coefficient (Wildman–Crippen LogP) is 1.56. The molecule has 1 aliphatic heterocycles. The molecule has 0 spiro atoms. The summed E-state index contributed by atoms with van der Waals surface area (Å²) >= 11 is 0. The van der Waals surface area contributed by atoms with Crippen molar-refractivity contribution >= 4 is 23.6 Å². The van der Waals surface area contributed by atoms with Gasteiger partial charge >= 0.3 is 6.09 Å². The van der Waals surface area contributed by atoms with Gasteiger partial charge in [-0.15, -0.1) is 0 Å². The van der Waals surface area contributed by atoms with Crippen LogP contribution in [0.2, 0.25) is 0 Å². The van der Waals surface area contributed by atoms with E-state index in [1.807, 2.05) is 0 Å². The summed E-state index contributed by atoms with van der Waals surface area (Å²) in [5.74, 6) is -0.763. The van der Waals surface area contributed by atoms with Gasteiger partial charge in [-0.25, -0.2) is 4.79 Å². The minimum atomic E-state index is -0.518. The number of hydrogen-bond acceptors (Lipinski definition) is 8. The summed E-state index contributed by atoms with van der Waals surface area (Å²) in [4.78, 5) is 34.9. The largest absolute Gasteiger partial charge is 0.444 e.